The van der Waals surface area contributed by atoms with Crippen molar-refractivity contribution in [1.82, 2.24) is 0 Å². The van der Waals surface area contributed by atoms with Gasteiger partial charge in [0.1, 0.15) is 6.10 Å². The number of hydrogen-bond acceptors (Lipinski definition) is 4. The number of ether oxygens (including phenoxy) is 1. The first-order valence-corrected chi connectivity index (χ1v) is 7.92. The average molecular weight is 314 g/mol. The summed E-state index contributed by atoms with van der Waals surface area (Å²) < 4.78 is 5.36. The van der Waals surface area contributed by atoms with Crippen molar-refractivity contribution in [3.8, 4) is 0 Å². The van der Waals surface area contributed by atoms with E-state index in [0.29, 0.717) is 11.4 Å². The molecule has 2 N–H and O–H groups in total. The van der Waals surface area contributed by atoms with E-state index in [9.17, 15) is 14.4 Å². The molecule has 2 aliphatic carbocycles. The molecule has 5 atom stereocenters. The first-order valence-electron chi connectivity index (χ1n) is 7.92. The van der Waals surface area contributed by atoms with E-state index >= 15 is 0 Å². The number of esters is 1. The number of carbonyl (C=O) groups is 3. The Bertz CT molecular complexity index is 682. The predicted molar refractivity (Wildman–Crippen MR) is 82.4 cm³/mol. The number of anilines is 2. The van der Waals surface area contributed by atoms with Crippen LogP contribution < -0.4 is 10.6 Å². The van der Waals surface area contributed by atoms with Crippen LogP contribution in [0.1, 0.15) is 19.8 Å². The number of rotatable bonds is 3. The minimum absolute atomic E-state index is 0.0403. The fourth-order valence-electron chi connectivity index (χ4n) is 4.43. The monoisotopic (exact) mass is 314 g/mol. The summed E-state index contributed by atoms with van der Waals surface area (Å²) in [6.07, 6.45) is 1.77. The van der Waals surface area contributed by atoms with E-state index in [1.807, 2.05) is 0 Å². The van der Waals surface area contributed by atoms with E-state index in [-0.39, 0.29) is 47.6 Å². The molecule has 0 unspecified atom stereocenters. The van der Waals surface area contributed by atoms with Crippen molar-refractivity contribution in [2.75, 3.05) is 10.6 Å². The third-order valence-electron chi connectivity index (χ3n) is 5.26. The zero-order chi connectivity index (χ0) is 16.1. The minimum Gasteiger partial charge on any atom is -0.462 e. The van der Waals surface area contributed by atoms with Crippen LogP contribution in [0.5, 0.6) is 0 Å². The molecule has 0 aromatic heterocycles. The Labute approximate surface area is 133 Å². The maximum absolute atomic E-state index is 12.6. The van der Waals surface area contributed by atoms with Crippen molar-refractivity contribution < 1.29 is 19.1 Å². The predicted octanol–water partition coefficient (Wildman–Crippen LogP) is 1.78. The molecule has 120 valence electrons. The van der Waals surface area contributed by atoms with Gasteiger partial charge in [-0.15, -0.1) is 0 Å². The van der Waals surface area contributed by atoms with Crippen molar-refractivity contribution in [3.05, 3.63) is 24.3 Å². The van der Waals surface area contributed by atoms with E-state index in [2.05, 4.69) is 10.6 Å². The second-order valence-corrected chi connectivity index (χ2v) is 6.67. The Balaban J connectivity index is 1.46. The molecule has 0 radical (unpaired) electrons. The molecule has 23 heavy (non-hydrogen) atoms. The van der Waals surface area contributed by atoms with Crippen molar-refractivity contribution >= 4 is 29.2 Å². The summed E-state index contributed by atoms with van der Waals surface area (Å²) in [6, 6.07) is 6.95. The third kappa shape index (κ3) is 2.29. The lowest BCUT2D eigenvalue weighted by Crippen LogP contribution is -2.35. The minimum atomic E-state index is -0.277. The maximum atomic E-state index is 12.6. The van der Waals surface area contributed by atoms with Gasteiger partial charge in [-0.1, -0.05) is 0 Å². The van der Waals surface area contributed by atoms with Gasteiger partial charge in [-0.2, -0.15) is 0 Å². The molecule has 4 rings (SSSR count). The molecule has 2 bridgehead atoms. The molecular weight excluding hydrogens is 296 g/mol. The number of fused-ring (bicyclic) bond motifs is 1. The number of benzene rings is 1. The van der Waals surface area contributed by atoms with Crippen molar-refractivity contribution in [1.29, 1.82) is 0 Å². The molecule has 3 aliphatic rings. The number of hydrogen-bond donors (Lipinski definition) is 2. The summed E-state index contributed by atoms with van der Waals surface area (Å²) >= 11 is 0. The highest BCUT2D eigenvalue weighted by molar-refractivity contribution is 5.97. The third-order valence-corrected chi connectivity index (χ3v) is 5.26. The topological polar surface area (TPSA) is 84.5 Å². The molecule has 2 amide bonds. The van der Waals surface area contributed by atoms with Crippen LogP contribution in [0.25, 0.3) is 0 Å². The van der Waals surface area contributed by atoms with E-state index < -0.39 is 0 Å². The van der Waals surface area contributed by atoms with Crippen LogP contribution in [-0.4, -0.2) is 23.9 Å². The summed E-state index contributed by atoms with van der Waals surface area (Å²) in [6.45, 7) is 1.44. The summed E-state index contributed by atoms with van der Waals surface area (Å²) in [5.41, 5.74) is 1.34. The lowest BCUT2D eigenvalue weighted by atomic mass is 9.79. The van der Waals surface area contributed by atoms with Gasteiger partial charge in [0.15, 0.2) is 0 Å². The second kappa shape index (κ2) is 5.08. The normalized spacial score (nSPS) is 33.4. The molecule has 0 spiro atoms. The van der Waals surface area contributed by atoms with Gasteiger partial charge in [0, 0.05) is 24.2 Å². The lowest BCUT2D eigenvalue weighted by molar-refractivity contribution is -0.145. The first-order chi connectivity index (χ1) is 11.0. The zero-order valence-electron chi connectivity index (χ0n) is 12.7. The molecule has 6 nitrogen and oxygen atoms in total. The van der Waals surface area contributed by atoms with Gasteiger partial charge in [-0.25, -0.2) is 0 Å². The van der Waals surface area contributed by atoms with Gasteiger partial charge in [0.25, 0.3) is 0 Å². The Morgan fingerprint density at radius 2 is 1.74 bits per heavy atom. The molecule has 2 saturated carbocycles. The Kier molecular flexibility index (Phi) is 3.14. The Morgan fingerprint density at radius 1 is 1.09 bits per heavy atom. The van der Waals surface area contributed by atoms with Crippen LogP contribution in [0.15, 0.2) is 24.3 Å². The zero-order valence-corrected chi connectivity index (χ0v) is 12.7. The van der Waals surface area contributed by atoms with Crippen molar-refractivity contribution in [2.24, 2.45) is 23.7 Å². The van der Waals surface area contributed by atoms with Gasteiger partial charge in [-0.3, -0.25) is 14.4 Å². The fourth-order valence-corrected chi connectivity index (χ4v) is 4.43. The van der Waals surface area contributed by atoms with Crippen LogP contribution in [0.2, 0.25) is 0 Å². The first kappa shape index (κ1) is 14.2. The summed E-state index contributed by atoms with van der Waals surface area (Å²) in [7, 11) is 0. The molecule has 1 saturated heterocycles. The number of nitrogens with one attached hydrogen (secondary N) is 2. The number of amides is 2. The van der Waals surface area contributed by atoms with Crippen LogP contribution in [0.3, 0.4) is 0 Å². The molecule has 6 heteroatoms. The van der Waals surface area contributed by atoms with Gasteiger partial charge in [0.2, 0.25) is 11.8 Å². The van der Waals surface area contributed by atoms with Crippen LogP contribution in [-0.2, 0) is 19.1 Å². The standard InChI is InChI=1S/C17H18N2O4/c1-8(20)18-10-2-4-11(5-3-10)19-16(21)14-9-6-12-13(7-9)23-17(22)15(12)14/h2-5,9,12-15H,6-7H2,1H3,(H,18,20)(H,19,21)/t9-,12-,13+,14+,15-/m0/s1. The summed E-state index contributed by atoms with van der Waals surface area (Å²) in [4.78, 5) is 35.6. The summed E-state index contributed by atoms with van der Waals surface area (Å²) in [5, 5.41) is 5.57. The highest BCUT2D eigenvalue weighted by Gasteiger charge is 2.63. The van der Waals surface area contributed by atoms with Gasteiger partial charge in [-0.05, 0) is 43.0 Å². The fraction of sp³-hybridized carbons (Fsp3) is 0.471. The summed E-state index contributed by atoms with van der Waals surface area (Å²) in [5.74, 6) is -0.518. The van der Waals surface area contributed by atoms with E-state index in [4.69, 9.17) is 4.74 Å². The van der Waals surface area contributed by atoms with Crippen molar-refractivity contribution in [2.45, 2.75) is 25.9 Å². The molecule has 1 aromatic carbocycles. The highest BCUT2D eigenvalue weighted by Crippen LogP contribution is 2.57. The van der Waals surface area contributed by atoms with Crippen LogP contribution in [0.4, 0.5) is 11.4 Å². The lowest BCUT2D eigenvalue weighted by Gasteiger charge is -2.23. The largest absolute Gasteiger partial charge is 0.462 e. The Morgan fingerprint density at radius 3 is 2.39 bits per heavy atom. The van der Waals surface area contributed by atoms with E-state index in [1.54, 1.807) is 24.3 Å². The van der Waals surface area contributed by atoms with E-state index in [1.165, 1.54) is 6.92 Å². The number of carbonyl (C=O) groups excluding carboxylic acids is 3. The maximum Gasteiger partial charge on any atom is 0.310 e. The SMILES string of the molecule is CC(=O)Nc1ccc(NC(=O)[C@@H]2[C@H]3C[C@@H]4[C@@H]2C(=O)O[C@@H]4C3)cc1. The second-order valence-electron chi connectivity index (χ2n) is 6.67. The molecule has 1 aromatic rings. The average Bonchev–Trinajstić information content (AvgIpc) is 3.10. The van der Waals surface area contributed by atoms with Crippen LogP contribution in [0, 0.1) is 23.7 Å². The smallest absolute Gasteiger partial charge is 0.310 e. The molecule has 1 aliphatic heterocycles. The van der Waals surface area contributed by atoms with Gasteiger partial charge in [0.05, 0.1) is 11.8 Å². The van der Waals surface area contributed by atoms with Gasteiger partial charge >= 0.3 is 5.97 Å². The van der Waals surface area contributed by atoms with Crippen LogP contribution >= 0.6 is 0 Å². The molecular formula is C17H18N2O4. The van der Waals surface area contributed by atoms with Gasteiger partial charge < -0.3 is 15.4 Å². The molecule has 3 fully saturated rings. The highest BCUT2D eigenvalue weighted by atomic mass is 16.6. The van der Waals surface area contributed by atoms with E-state index in [0.717, 1.165) is 12.8 Å². The Hall–Kier alpha value is -2.37. The molecule has 1 heterocycles. The quantitative estimate of drug-likeness (QED) is 0.833. The van der Waals surface area contributed by atoms with Crippen molar-refractivity contribution in [3.63, 3.8) is 0 Å².